The van der Waals surface area contributed by atoms with Crippen LogP contribution < -0.4 is 15.5 Å². The lowest BCUT2D eigenvalue weighted by Crippen LogP contribution is -2.36. The standard InChI is InChI=1S/C28H34ClN5O3S2/c1-4-6-25-19(3)39-28(33-25)38-18-23-15-24(34-7-10-36-11-8-34)16-26(31-23)30-17-20-12-21(29)14-22(13-20)32-27(35)37-9-5-2/h5,12-16H,2,4,6-11,17-18H2,1,3H3,(H,30,31)(H,32,35). The summed E-state index contributed by atoms with van der Waals surface area (Å²) in [4.78, 5) is 25.3. The molecule has 1 aliphatic heterocycles. The molecule has 4 rings (SSSR count). The monoisotopic (exact) mass is 587 g/mol. The predicted molar refractivity (Wildman–Crippen MR) is 162 cm³/mol. The van der Waals surface area contributed by atoms with E-state index in [-0.39, 0.29) is 6.61 Å². The van der Waals surface area contributed by atoms with Gasteiger partial charge < -0.3 is 19.7 Å². The van der Waals surface area contributed by atoms with Crippen LogP contribution in [0, 0.1) is 6.92 Å². The lowest BCUT2D eigenvalue weighted by Gasteiger charge is -2.29. The summed E-state index contributed by atoms with van der Waals surface area (Å²) in [6.07, 6.45) is 3.06. The van der Waals surface area contributed by atoms with E-state index in [0.29, 0.717) is 30.5 Å². The van der Waals surface area contributed by atoms with Gasteiger partial charge in [0, 0.05) is 52.7 Å². The van der Waals surface area contributed by atoms with Gasteiger partial charge >= 0.3 is 6.09 Å². The molecule has 1 aliphatic rings. The van der Waals surface area contributed by atoms with E-state index >= 15 is 0 Å². The summed E-state index contributed by atoms with van der Waals surface area (Å²) >= 11 is 9.81. The van der Waals surface area contributed by atoms with Crippen LogP contribution in [0.2, 0.25) is 5.02 Å². The fraction of sp³-hybridized carbons (Fsp3) is 0.393. The van der Waals surface area contributed by atoms with Gasteiger partial charge in [0.15, 0.2) is 4.34 Å². The third-order valence-corrected chi connectivity index (χ3v) is 8.36. The van der Waals surface area contributed by atoms with Crippen LogP contribution in [-0.4, -0.2) is 49.0 Å². The number of thiazole rings is 1. The number of hydrogen-bond donors (Lipinski definition) is 2. The number of thioether (sulfide) groups is 1. The maximum atomic E-state index is 11.9. The summed E-state index contributed by atoms with van der Waals surface area (Å²) in [6, 6.07) is 9.63. The smallest absolute Gasteiger partial charge is 0.411 e. The molecule has 0 atom stereocenters. The molecular weight excluding hydrogens is 554 g/mol. The third-order valence-electron chi connectivity index (χ3n) is 5.95. The second kappa shape index (κ2) is 14.6. The second-order valence-electron chi connectivity index (χ2n) is 9.04. The third kappa shape index (κ3) is 8.86. The minimum absolute atomic E-state index is 0.134. The van der Waals surface area contributed by atoms with E-state index in [9.17, 15) is 4.79 Å². The number of hydrogen-bond acceptors (Lipinski definition) is 9. The van der Waals surface area contributed by atoms with Crippen molar-refractivity contribution in [1.29, 1.82) is 0 Å². The molecule has 39 heavy (non-hydrogen) atoms. The number of nitrogens with one attached hydrogen (secondary N) is 2. The Morgan fingerprint density at radius 2 is 2.08 bits per heavy atom. The Morgan fingerprint density at radius 3 is 2.85 bits per heavy atom. The number of carbonyl (C=O) groups is 1. The topological polar surface area (TPSA) is 88.6 Å². The Hall–Kier alpha value is -2.79. The van der Waals surface area contributed by atoms with Gasteiger partial charge in [-0.3, -0.25) is 5.32 Å². The van der Waals surface area contributed by atoms with Crippen molar-refractivity contribution in [3.8, 4) is 0 Å². The van der Waals surface area contributed by atoms with Gasteiger partial charge in [-0.2, -0.15) is 0 Å². The fourth-order valence-electron chi connectivity index (χ4n) is 4.11. The van der Waals surface area contributed by atoms with Gasteiger partial charge in [0.1, 0.15) is 12.4 Å². The van der Waals surface area contributed by atoms with E-state index in [0.717, 1.165) is 58.8 Å². The number of rotatable bonds is 12. The number of aryl methyl sites for hydroxylation is 2. The summed E-state index contributed by atoms with van der Waals surface area (Å²) in [7, 11) is 0. The number of nitrogens with zero attached hydrogens (tertiary/aromatic N) is 3. The average Bonchev–Trinajstić information content (AvgIpc) is 3.28. The van der Waals surface area contributed by atoms with Crippen LogP contribution in [0.4, 0.5) is 22.0 Å². The number of halogens is 1. The number of benzene rings is 1. The summed E-state index contributed by atoms with van der Waals surface area (Å²) in [5, 5.41) is 6.66. The molecule has 0 bridgehead atoms. The van der Waals surface area contributed by atoms with E-state index in [1.165, 1.54) is 16.6 Å². The number of carbonyl (C=O) groups excluding carboxylic acids is 1. The predicted octanol–water partition coefficient (Wildman–Crippen LogP) is 6.93. The highest BCUT2D eigenvalue weighted by molar-refractivity contribution is 8.00. The summed E-state index contributed by atoms with van der Waals surface area (Å²) < 4.78 is 11.6. The molecule has 3 heterocycles. The highest BCUT2D eigenvalue weighted by Crippen LogP contribution is 2.31. The van der Waals surface area contributed by atoms with Crippen molar-refractivity contribution in [3.05, 3.63) is 69.8 Å². The lowest BCUT2D eigenvalue weighted by molar-refractivity contribution is 0.122. The molecule has 11 heteroatoms. The number of pyridine rings is 1. The van der Waals surface area contributed by atoms with Crippen molar-refractivity contribution in [1.82, 2.24) is 9.97 Å². The lowest BCUT2D eigenvalue weighted by atomic mass is 10.2. The zero-order chi connectivity index (χ0) is 27.6. The zero-order valence-electron chi connectivity index (χ0n) is 22.3. The molecule has 208 valence electrons. The molecule has 0 radical (unpaired) electrons. The number of morpholine rings is 1. The van der Waals surface area contributed by atoms with Gasteiger partial charge in [0.2, 0.25) is 0 Å². The Balaban J connectivity index is 1.48. The van der Waals surface area contributed by atoms with Crippen molar-refractivity contribution in [3.63, 3.8) is 0 Å². The van der Waals surface area contributed by atoms with Crippen LogP contribution in [-0.2, 0) is 28.2 Å². The van der Waals surface area contributed by atoms with Gasteiger partial charge in [-0.05, 0) is 43.2 Å². The van der Waals surface area contributed by atoms with Crippen LogP contribution in [0.25, 0.3) is 0 Å². The molecule has 0 saturated carbocycles. The number of anilines is 3. The second-order valence-corrected chi connectivity index (χ2v) is 11.9. The molecule has 1 saturated heterocycles. The molecule has 1 amide bonds. The molecule has 0 aliphatic carbocycles. The molecular formula is C28H34ClN5O3S2. The van der Waals surface area contributed by atoms with Crippen LogP contribution in [0.15, 0.2) is 47.3 Å². The Bertz CT molecular complexity index is 1280. The van der Waals surface area contributed by atoms with E-state index < -0.39 is 6.09 Å². The van der Waals surface area contributed by atoms with Crippen molar-refractivity contribution >= 4 is 58.0 Å². The summed E-state index contributed by atoms with van der Waals surface area (Å²) in [6.45, 7) is 11.6. The minimum atomic E-state index is -0.560. The fourth-order valence-corrected chi connectivity index (χ4v) is 6.44. The number of ether oxygens (including phenoxy) is 2. The first kappa shape index (κ1) is 29.2. The summed E-state index contributed by atoms with van der Waals surface area (Å²) in [5.74, 6) is 1.50. The van der Waals surface area contributed by atoms with Crippen LogP contribution in [0.3, 0.4) is 0 Å². The highest BCUT2D eigenvalue weighted by atomic mass is 35.5. The van der Waals surface area contributed by atoms with Crippen molar-refractivity contribution in [2.45, 2.75) is 43.3 Å². The van der Waals surface area contributed by atoms with Gasteiger partial charge in [0.25, 0.3) is 0 Å². The molecule has 3 aromatic rings. The maximum Gasteiger partial charge on any atom is 0.411 e. The Kier molecular flexibility index (Phi) is 10.9. The highest BCUT2D eigenvalue weighted by Gasteiger charge is 2.15. The number of amides is 1. The van der Waals surface area contributed by atoms with Crippen molar-refractivity contribution < 1.29 is 14.3 Å². The van der Waals surface area contributed by atoms with Gasteiger partial charge in [0.05, 0.1) is 24.6 Å². The average molecular weight is 588 g/mol. The normalized spacial score (nSPS) is 13.3. The molecule has 0 spiro atoms. The first-order valence-electron chi connectivity index (χ1n) is 12.9. The van der Waals surface area contributed by atoms with E-state index in [1.807, 2.05) is 12.1 Å². The van der Waals surface area contributed by atoms with Crippen LogP contribution >= 0.6 is 34.7 Å². The molecule has 2 N–H and O–H groups in total. The van der Waals surface area contributed by atoms with Gasteiger partial charge in [-0.1, -0.05) is 49.4 Å². The SMILES string of the molecule is C=CCOC(=O)Nc1cc(Cl)cc(CNc2cc(N3CCOCC3)cc(CSc3nc(CCC)c(C)s3)n2)c1. The van der Waals surface area contributed by atoms with Crippen LogP contribution in [0.1, 0.15) is 35.2 Å². The molecule has 0 unspecified atom stereocenters. The minimum Gasteiger partial charge on any atom is -0.445 e. The van der Waals surface area contributed by atoms with E-state index in [1.54, 1.807) is 29.2 Å². The Morgan fingerprint density at radius 1 is 1.26 bits per heavy atom. The molecule has 1 fully saturated rings. The number of aromatic nitrogens is 2. The van der Waals surface area contributed by atoms with Gasteiger partial charge in [-0.25, -0.2) is 14.8 Å². The maximum absolute atomic E-state index is 11.9. The summed E-state index contributed by atoms with van der Waals surface area (Å²) in [5.41, 5.74) is 4.76. The first-order valence-corrected chi connectivity index (χ1v) is 15.1. The quantitative estimate of drug-likeness (QED) is 0.174. The zero-order valence-corrected chi connectivity index (χ0v) is 24.7. The van der Waals surface area contributed by atoms with Crippen LogP contribution in [0.5, 0.6) is 0 Å². The van der Waals surface area contributed by atoms with Gasteiger partial charge in [-0.15, -0.1) is 11.3 Å². The largest absolute Gasteiger partial charge is 0.445 e. The molecule has 1 aromatic carbocycles. The molecule has 2 aromatic heterocycles. The molecule has 8 nitrogen and oxygen atoms in total. The van der Waals surface area contributed by atoms with Crippen molar-refractivity contribution in [2.24, 2.45) is 0 Å². The van der Waals surface area contributed by atoms with E-state index in [2.05, 4.69) is 48.1 Å². The first-order chi connectivity index (χ1) is 18.9. The Labute approximate surface area is 243 Å². The van der Waals surface area contributed by atoms with Crippen molar-refractivity contribution in [2.75, 3.05) is 48.4 Å². The van der Waals surface area contributed by atoms with E-state index in [4.69, 9.17) is 31.0 Å².